The molecule has 0 saturated heterocycles. The maximum absolute atomic E-state index is 11.9. The van der Waals surface area contributed by atoms with Gasteiger partial charge in [0, 0.05) is 23.7 Å². The predicted octanol–water partition coefficient (Wildman–Crippen LogP) is 3.95. The predicted molar refractivity (Wildman–Crippen MR) is 104 cm³/mol. The number of nitrogens with zero attached hydrogens (tertiary/aromatic N) is 2. The average Bonchev–Trinajstić information content (AvgIpc) is 2.64. The summed E-state index contributed by atoms with van der Waals surface area (Å²) in [5.74, 6) is 0.508. The van der Waals surface area contributed by atoms with Crippen LogP contribution in [0.5, 0.6) is 0 Å². The van der Waals surface area contributed by atoms with Crippen molar-refractivity contribution >= 4 is 27.1 Å². The Bertz CT molecular complexity index is 958. The highest BCUT2D eigenvalue weighted by atomic mass is 32.2. The van der Waals surface area contributed by atoms with Crippen LogP contribution in [0, 0.1) is 5.41 Å². The van der Waals surface area contributed by atoms with E-state index >= 15 is 0 Å². The van der Waals surface area contributed by atoms with Gasteiger partial charge in [-0.1, -0.05) is 54.6 Å². The summed E-state index contributed by atoms with van der Waals surface area (Å²) in [6, 6.07) is 18.1. The second-order valence-corrected chi connectivity index (χ2v) is 8.52. The van der Waals surface area contributed by atoms with Gasteiger partial charge in [0.05, 0.1) is 6.26 Å². The number of benzene rings is 2. The van der Waals surface area contributed by atoms with Gasteiger partial charge in [0.2, 0.25) is 0 Å². The van der Waals surface area contributed by atoms with Crippen LogP contribution in [0.1, 0.15) is 25.0 Å². The number of para-hydroxylation sites is 1. The maximum Gasteiger partial charge on any atom is 0.251 e. The van der Waals surface area contributed by atoms with Crippen LogP contribution in [0.25, 0.3) is 5.57 Å². The molecule has 3 rings (SSSR count). The van der Waals surface area contributed by atoms with E-state index in [0.29, 0.717) is 5.84 Å². The van der Waals surface area contributed by atoms with Crippen LogP contribution >= 0.6 is 0 Å². The van der Waals surface area contributed by atoms with Gasteiger partial charge < -0.3 is 4.90 Å². The van der Waals surface area contributed by atoms with E-state index in [1.54, 1.807) is 0 Å². The number of hydrogen-bond donors (Lipinski definition) is 0. The summed E-state index contributed by atoms with van der Waals surface area (Å²) in [6.07, 6.45) is 3.23. The standard InChI is InChI=1S/C20H22N2O2S/c1-20(2)14-17(15-10-6-5-7-11-15)16-12-8-9-13-18(16)22(3)19(20)21-25(4,23)24/h5-14H,1-4H3/b21-19+. The molecule has 0 fully saturated rings. The molecule has 130 valence electrons. The lowest BCUT2D eigenvalue weighted by Gasteiger charge is -2.29. The van der Waals surface area contributed by atoms with Crippen molar-refractivity contribution in [2.75, 3.05) is 18.2 Å². The molecule has 25 heavy (non-hydrogen) atoms. The number of sulfonamides is 1. The average molecular weight is 354 g/mol. The molecule has 2 aromatic rings. The minimum absolute atomic E-state index is 0.508. The quantitative estimate of drug-likeness (QED) is 0.820. The third-order valence-electron chi connectivity index (χ3n) is 4.29. The highest BCUT2D eigenvalue weighted by Gasteiger charge is 2.33. The zero-order valence-corrected chi connectivity index (χ0v) is 15.7. The molecule has 5 heteroatoms. The molecule has 0 N–H and O–H groups in total. The lowest BCUT2D eigenvalue weighted by atomic mass is 9.86. The van der Waals surface area contributed by atoms with E-state index < -0.39 is 15.4 Å². The van der Waals surface area contributed by atoms with Gasteiger partial charge in [0.15, 0.2) is 0 Å². The van der Waals surface area contributed by atoms with Crippen LogP contribution in [-0.4, -0.2) is 27.6 Å². The van der Waals surface area contributed by atoms with E-state index in [-0.39, 0.29) is 0 Å². The number of fused-ring (bicyclic) bond motifs is 1. The zero-order valence-electron chi connectivity index (χ0n) is 14.9. The first-order valence-corrected chi connectivity index (χ1v) is 9.96. The van der Waals surface area contributed by atoms with E-state index in [4.69, 9.17) is 0 Å². The summed E-state index contributed by atoms with van der Waals surface area (Å²) in [7, 11) is -1.64. The Kier molecular flexibility index (Phi) is 4.29. The number of anilines is 1. The van der Waals surface area contributed by atoms with Crippen LogP contribution in [-0.2, 0) is 10.0 Å². The van der Waals surface area contributed by atoms with Crippen molar-refractivity contribution < 1.29 is 8.42 Å². The van der Waals surface area contributed by atoms with Crippen LogP contribution < -0.4 is 4.90 Å². The zero-order chi connectivity index (χ0) is 18.2. The molecule has 2 aromatic carbocycles. The van der Waals surface area contributed by atoms with E-state index in [1.165, 1.54) is 0 Å². The fourth-order valence-corrected chi connectivity index (χ4v) is 3.91. The summed E-state index contributed by atoms with van der Waals surface area (Å²) in [5, 5.41) is 0. The highest BCUT2D eigenvalue weighted by molar-refractivity contribution is 7.89. The van der Waals surface area contributed by atoms with Gasteiger partial charge in [-0.2, -0.15) is 0 Å². The van der Waals surface area contributed by atoms with Gasteiger partial charge in [-0.25, -0.2) is 8.42 Å². The van der Waals surface area contributed by atoms with Crippen molar-refractivity contribution in [1.29, 1.82) is 0 Å². The molecule has 1 aliphatic heterocycles. The molecule has 0 saturated carbocycles. The van der Waals surface area contributed by atoms with Gasteiger partial charge in [-0.3, -0.25) is 0 Å². The summed E-state index contributed by atoms with van der Waals surface area (Å²) >= 11 is 0. The van der Waals surface area contributed by atoms with E-state index in [2.05, 4.69) is 28.7 Å². The molecule has 0 spiro atoms. The topological polar surface area (TPSA) is 49.7 Å². The van der Waals surface area contributed by atoms with Gasteiger partial charge in [0.25, 0.3) is 10.0 Å². The highest BCUT2D eigenvalue weighted by Crippen LogP contribution is 2.40. The molecule has 0 atom stereocenters. The summed E-state index contributed by atoms with van der Waals surface area (Å²) < 4.78 is 27.8. The van der Waals surface area contributed by atoms with Crippen molar-refractivity contribution in [2.45, 2.75) is 13.8 Å². The van der Waals surface area contributed by atoms with Crippen molar-refractivity contribution in [3.8, 4) is 0 Å². The fourth-order valence-electron chi connectivity index (χ4n) is 3.24. The third-order valence-corrected chi connectivity index (χ3v) is 4.80. The van der Waals surface area contributed by atoms with Crippen LogP contribution in [0.15, 0.2) is 65.1 Å². The Morgan fingerprint density at radius 3 is 2.20 bits per heavy atom. The summed E-state index contributed by atoms with van der Waals surface area (Å²) in [5.41, 5.74) is 3.61. The van der Waals surface area contributed by atoms with E-state index in [1.807, 2.05) is 62.2 Å². The molecule has 0 unspecified atom stereocenters. The SMILES string of the molecule is CN1/C(=N/S(C)(=O)=O)C(C)(C)C=C(c2ccccc2)c2ccccc21. The van der Waals surface area contributed by atoms with Gasteiger partial charge in [-0.05, 0) is 31.1 Å². The second kappa shape index (κ2) is 6.15. The Labute approximate surface area is 149 Å². The molecule has 0 amide bonds. The van der Waals surface area contributed by atoms with Crippen LogP contribution in [0.2, 0.25) is 0 Å². The number of rotatable bonds is 2. The minimum Gasteiger partial charge on any atom is -0.331 e. The van der Waals surface area contributed by atoms with Crippen molar-refractivity contribution in [3.63, 3.8) is 0 Å². The molecule has 0 radical (unpaired) electrons. The lowest BCUT2D eigenvalue weighted by molar-refractivity contribution is 0.601. The van der Waals surface area contributed by atoms with Gasteiger partial charge in [0.1, 0.15) is 5.84 Å². The van der Waals surface area contributed by atoms with Gasteiger partial charge >= 0.3 is 0 Å². The molecule has 1 aliphatic rings. The number of amidine groups is 1. The Hall–Kier alpha value is -2.40. The summed E-state index contributed by atoms with van der Waals surface area (Å²) in [6.45, 7) is 3.98. The Balaban J connectivity index is 2.34. The molecule has 0 aromatic heterocycles. The normalized spacial score (nSPS) is 18.5. The third kappa shape index (κ3) is 3.51. The number of hydrogen-bond acceptors (Lipinski definition) is 2. The summed E-state index contributed by atoms with van der Waals surface area (Å²) in [4.78, 5) is 1.88. The molecule has 1 heterocycles. The molecule has 4 nitrogen and oxygen atoms in total. The maximum atomic E-state index is 11.9. The van der Waals surface area contributed by atoms with Crippen LogP contribution in [0.3, 0.4) is 0 Å². The molecular formula is C20H22N2O2S. The molecule has 0 aliphatic carbocycles. The van der Waals surface area contributed by atoms with Crippen LogP contribution in [0.4, 0.5) is 5.69 Å². The molecule has 0 bridgehead atoms. The smallest absolute Gasteiger partial charge is 0.251 e. The first kappa shape index (κ1) is 17.4. The van der Waals surface area contributed by atoms with Crippen molar-refractivity contribution in [1.82, 2.24) is 0 Å². The van der Waals surface area contributed by atoms with Gasteiger partial charge in [-0.15, -0.1) is 4.40 Å². The van der Waals surface area contributed by atoms with E-state index in [0.717, 1.165) is 28.6 Å². The first-order valence-electron chi connectivity index (χ1n) is 8.11. The van der Waals surface area contributed by atoms with Crippen molar-refractivity contribution in [3.05, 3.63) is 71.8 Å². The monoisotopic (exact) mass is 354 g/mol. The largest absolute Gasteiger partial charge is 0.331 e. The Morgan fingerprint density at radius 1 is 0.960 bits per heavy atom. The first-order chi connectivity index (χ1) is 11.7. The second-order valence-electron chi connectivity index (χ2n) is 6.87. The fraction of sp³-hybridized carbons (Fsp3) is 0.250. The lowest BCUT2D eigenvalue weighted by Crippen LogP contribution is -2.37. The minimum atomic E-state index is -3.51. The van der Waals surface area contributed by atoms with Crippen molar-refractivity contribution in [2.24, 2.45) is 9.81 Å². The molecular weight excluding hydrogens is 332 g/mol. The Morgan fingerprint density at radius 2 is 1.56 bits per heavy atom. The van der Waals surface area contributed by atoms with E-state index in [9.17, 15) is 8.42 Å².